The van der Waals surface area contributed by atoms with Gasteiger partial charge >= 0.3 is 0 Å². The predicted octanol–water partition coefficient (Wildman–Crippen LogP) is 3.36. The maximum absolute atomic E-state index is 9.18. The normalized spacial score (nSPS) is 12.5. The van der Waals surface area contributed by atoms with E-state index in [0.717, 1.165) is 23.1 Å². The van der Waals surface area contributed by atoms with Crippen LogP contribution < -0.4 is 0 Å². The lowest BCUT2D eigenvalue weighted by atomic mass is 10.1. The first-order chi connectivity index (χ1) is 7.22. The third-order valence-electron chi connectivity index (χ3n) is 2.49. The Morgan fingerprint density at radius 1 is 1.27 bits per heavy atom. The first-order valence-electron chi connectivity index (χ1n) is 5.12. The fourth-order valence-electron chi connectivity index (χ4n) is 1.60. The van der Waals surface area contributed by atoms with Crippen molar-refractivity contribution >= 4 is 15.9 Å². The van der Waals surface area contributed by atoms with Crippen molar-refractivity contribution in [1.29, 1.82) is 5.26 Å². The van der Waals surface area contributed by atoms with E-state index in [1.165, 1.54) is 0 Å². The molecule has 0 aliphatic carbocycles. The van der Waals surface area contributed by atoms with E-state index in [1.54, 1.807) is 0 Å². The molecule has 0 aliphatic heterocycles. The monoisotopic (exact) mass is 266 g/mol. The third-order valence-corrected chi connectivity index (χ3v) is 3.01. The van der Waals surface area contributed by atoms with Crippen LogP contribution in [0.5, 0.6) is 0 Å². The van der Waals surface area contributed by atoms with E-state index in [1.807, 2.05) is 24.3 Å². The number of hydrogen-bond donors (Lipinski definition) is 0. The van der Waals surface area contributed by atoms with Crippen LogP contribution in [0, 0.1) is 11.3 Å². The number of benzene rings is 1. The molecule has 0 bridgehead atoms. The molecular formula is C12H15BrN2. The molecule has 3 heteroatoms. The van der Waals surface area contributed by atoms with E-state index in [9.17, 15) is 5.26 Å². The van der Waals surface area contributed by atoms with Gasteiger partial charge in [-0.25, -0.2) is 0 Å². The van der Waals surface area contributed by atoms with Crippen molar-refractivity contribution in [3.8, 4) is 6.07 Å². The van der Waals surface area contributed by atoms with Crippen LogP contribution in [-0.4, -0.2) is 18.0 Å². The minimum Gasteiger partial charge on any atom is -0.285 e. The molecule has 1 aromatic carbocycles. The van der Waals surface area contributed by atoms with Crippen LogP contribution in [-0.2, 0) is 0 Å². The van der Waals surface area contributed by atoms with Gasteiger partial charge in [0.1, 0.15) is 6.04 Å². The molecular weight excluding hydrogens is 252 g/mol. The van der Waals surface area contributed by atoms with Gasteiger partial charge in [0.2, 0.25) is 0 Å². The van der Waals surface area contributed by atoms with E-state index < -0.39 is 0 Å². The van der Waals surface area contributed by atoms with Gasteiger partial charge in [-0.15, -0.1) is 0 Å². The Balaban J connectivity index is 2.92. The van der Waals surface area contributed by atoms with Crippen LogP contribution in [0.4, 0.5) is 0 Å². The molecule has 0 spiro atoms. The number of hydrogen-bond acceptors (Lipinski definition) is 2. The molecule has 80 valence electrons. The van der Waals surface area contributed by atoms with Gasteiger partial charge in [0.25, 0.3) is 0 Å². The zero-order valence-corrected chi connectivity index (χ0v) is 10.7. The molecule has 0 N–H and O–H groups in total. The molecule has 1 aromatic rings. The summed E-state index contributed by atoms with van der Waals surface area (Å²) in [6.45, 7) is 5.94. The molecule has 0 heterocycles. The summed E-state index contributed by atoms with van der Waals surface area (Å²) in [7, 11) is 0. The molecule has 1 atom stereocenters. The second-order valence-electron chi connectivity index (χ2n) is 3.30. The van der Waals surface area contributed by atoms with Crippen LogP contribution in [0.2, 0.25) is 0 Å². The summed E-state index contributed by atoms with van der Waals surface area (Å²) >= 11 is 3.39. The molecule has 1 unspecified atom stereocenters. The van der Waals surface area contributed by atoms with Gasteiger partial charge in [-0.1, -0.05) is 41.9 Å². The van der Waals surface area contributed by atoms with Crippen molar-refractivity contribution in [3.63, 3.8) is 0 Å². The highest BCUT2D eigenvalue weighted by Crippen LogP contribution is 2.21. The topological polar surface area (TPSA) is 27.0 Å². The Kier molecular flexibility index (Phi) is 4.80. The maximum Gasteiger partial charge on any atom is 0.123 e. The average Bonchev–Trinajstić information content (AvgIpc) is 2.27. The van der Waals surface area contributed by atoms with Crippen molar-refractivity contribution < 1.29 is 0 Å². The molecule has 0 radical (unpaired) electrons. The van der Waals surface area contributed by atoms with E-state index in [2.05, 4.69) is 40.7 Å². The smallest absolute Gasteiger partial charge is 0.123 e. The SMILES string of the molecule is CCN(CC)C(C#N)c1ccc(Br)cc1. The highest BCUT2D eigenvalue weighted by Gasteiger charge is 2.16. The van der Waals surface area contributed by atoms with Crippen LogP contribution in [0.3, 0.4) is 0 Å². The second-order valence-corrected chi connectivity index (χ2v) is 4.22. The van der Waals surface area contributed by atoms with Crippen LogP contribution >= 0.6 is 15.9 Å². The van der Waals surface area contributed by atoms with Crippen molar-refractivity contribution in [2.75, 3.05) is 13.1 Å². The molecule has 15 heavy (non-hydrogen) atoms. The highest BCUT2D eigenvalue weighted by atomic mass is 79.9. The minimum atomic E-state index is -0.131. The molecule has 0 saturated carbocycles. The van der Waals surface area contributed by atoms with Gasteiger partial charge in [-0.3, -0.25) is 4.90 Å². The number of rotatable bonds is 4. The summed E-state index contributed by atoms with van der Waals surface area (Å²) in [5, 5.41) is 9.18. The summed E-state index contributed by atoms with van der Waals surface area (Å²) in [6, 6.07) is 10.2. The van der Waals surface area contributed by atoms with Crippen molar-refractivity contribution in [1.82, 2.24) is 4.90 Å². The van der Waals surface area contributed by atoms with E-state index in [0.29, 0.717) is 0 Å². The summed E-state index contributed by atoms with van der Waals surface area (Å²) in [6.07, 6.45) is 0. The summed E-state index contributed by atoms with van der Waals surface area (Å²) in [5.41, 5.74) is 1.06. The van der Waals surface area contributed by atoms with Crippen LogP contribution in [0.15, 0.2) is 28.7 Å². The zero-order chi connectivity index (χ0) is 11.3. The van der Waals surface area contributed by atoms with Gasteiger partial charge in [-0.05, 0) is 30.8 Å². The maximum atomic E-state index is 9.18. The molecule has 1 rings (SSSR count). The Hall–Kier alpha value is -0.850. The Bertz CT molecular complexity index is 336. The molecule has 0 aliphatic rings. The fraction of sp³-hybridized carbons (Fsp3) is 0.417. The molecule has 0 saturated heterocycles. The first-order valence-corrected chi connectivity index (χ1v) is 5.91. The molecule has 0 amide bonds. The first kappa shape index (κ1) is 12.2. The standard InChI is InChI=1S/C12H15BrN2/c1-3-15(4-2)12(9-14)10-5-7-11(13)8-6-10/h5-8,12H,3-4H2,1-2H3. The summed E-state index contributed by atoms with van der Waals surface area (Å²) in [4.78, 5) is 2.14. The van der Waals surface area contributed by atoms with Gasteiger partial charge in [-0.2, -0.15) is 5.26 Å². The Morgan fingerprint density at radius 3 is 2.20 bits per heavy atom. The molecule has 2 nitrogen and oxygen atoms in total. The Labute approximate surface area is 99.6 Å². The fourth-order valence-corrected chi connectivity index (χ4v) is 1.87. The van der Waals surface area contributed by atoms with E-state index in [4.69, 9.17) is 0 Å². The largest absolute Gasteiger partial charge is 0.285 e. The van der Waals surface area contributed by atoms with Crippen LogP contribution in [0.25, 0.3) is 0 Å². The van der Waals surface area contributed by atoms with Gasteiger partial charge in [0.05, 0.1) is 6.07 Å². The lowest BCUT2D eigenvalue weighted by molar-refractivity contribution is 0.262. The van der Waals surface area contributed by atoms with Crippen LogP contribution in [0.1, 0.15) is 25.5 Å². The lowest BCUT2D eigenvalue weighted by Crippen LogP contribution is -2.27. The number of nitriles is 1. The van der Waals surface area contributed by atoms with E-state index >= 15 is 0 Å². The quantitative estimate of drug-likeness (QED) is 0.836. The molecule has 0 aromatic heterocycles. The minimum absolute atomic E-state index is 0.131. The lowest BCUT2D eigenvalue weighted by Gasteiger charge is -2.24. The third kappa shape index (κ3) is 3.05. The number of halogens is 1. The van der Waals surface area contributed by atoms with Gasteiger partial charge < -0.3 is 0 Å². The van der Waals surface area contributed by atoms with Gasteiger partial charge in [0.15, 0.2) is 0 Å². The molecule has 0 fully saturated rings. The van der Waals surface area contributed by atoms with Gasteiger partial charge in [0, 0.05) is 4.47 Å². The van der Waals surface area contributed by atoms with Crippen molar-refractivity contribution in [2.45, 2.75) is 19.9 Å². The average molecular weight is 267 g/mol. The zero-order valence-electron chi connectivity index (χ0n) is 9.07. The number of nitrogens with zero attached hydrogens (tertiary/aromatic N) is 2. The highest BCUT2D eigenvalue weighted by molar-refractivity contribution is 9.10. The second kappa shape index (κ2) is 5.89. The van der Waals surface area contributed by atoms with Crippen molar-refractivity contribution in [3.05, 3.63) is 34.3 Å². The predicted molar refractivity (Wildman–Crippen MR) is 65.4 cm³/mol. The Morgan fingerprint density at radius 2 is 1.80 bits per heavy atom. The summed E-state index contributed by atoms with van der Waals surface area (Å²) < 4.78 is 1.04. The summed E-state index contributed by atoms with van der Waals surface area (Å²) in [5.74, 6) is 0. The van der Waals surface area contributed by atoms with Crippen molar-refractivity contribution in [2.24, 2.45) is 0 Å². The van der Waals surface area contributed by atoms with E-state index in [-0.39, 0.29) is 6.04 Å².